The van der Waals surface area contributed by atoms with Crippen LogP contribution in [0.3, 0.4) is 0 Å². The predicted molar refractivity (Wildman–Crippen MR) is 66.1 cm³/mol. The zero-order chi connectivity index (χ0) is 13.0. The normalized spacial score (nSPS) is 16.2. The predicted octanol–water partition coefficient (Wildman–Crippen LogP) is -0.249. The van der Waals surface area contributed by atoms with Crippen molar-refractivity contribution in [2.75, 3.05) is 31.1 Å². The van der Waals surface area contributed by atoms with Crippen molar-refractivity contribution in [3.05, 3.63) is 5.89 Å². The molecule has 100 valence electrons. The number of amides is 1. The van der Waals surface area contributed by atoms with Gasteiger partial charge >= 0.3 is 6.01 Å². The summed E-state index contributed by atoms with van der Waals surface area (Å²) in [4.78, 5) is 13.0. The molecule has 0 bridgehead atoms. The smallest absolute Gasteiger partial charge is 0.318 e. The van der Waals surface area contributed by atoms with Gasteiger partial charge in [-0.3, -0.25) is 4.79 Å². The number of carbonyl (C=O) groups is 1. The molecule has 1 aromatic heterocycles. The lowest BCUT2D eigenvalue weighted by Crippen LogP contribution is -2.47. The molecule has 2 heterocycles. The van der Waals surface area contributed by atoms with Gasteiger partial charge in [0.2, 0.25) is 11.8 Å². The van der Waals surface area contributed by atoms with E-state index in [-0.39, 0.29) is 12.5 Å². The van der Waals surface area contributed by atoms with E-state index in [2.05, 4.69) is 34.7 Å². The van der Waals surface area contributed by atoms with E-state index in [9.17, 15) is 4.79 Å². The Morgan fingerprint density at radius 1 is 1.50 bits per heavy atom. The Hall–Kier alpha value is -1.63. The van der Waals surface area contributed by atoms with Crippen LogP contribution in [0.25, 0.3) is 0 Å². The summed E-state index contributed by atoms with van der Waals surface area (Å²) < 4.78 is 5.51. The number of rotatable bonds is 5. The summed E-state index contributed by atoms with van der Waals surface area (Å²) in [6, 6.07) is 0.422. The lowest BCUT2D eigenvalue weighted by molar-refractivity contribution is -0.120. The number of nitrogens with zero attached hydrogens (tertiary/aromatic N) is 3. The van der Waals surface area contributed by atoms with Crippen LogP contribution in [0.1, 0.15) is 19.7 Å². The lowest BCUT2D eigenvalue weighted by Gasteiger charge is -2.24. The van der Waals surface area contributed by atoms with Crippen LogP contribution in [0.5, 0.6) is 0 Å². The molecule has 0 radical (unpaired) electrons. The molecule has 1 amide bonds. The monoisotopic (exact) mass is 253 g/mol. The highest BCUT2D eigenvalue weighted by Crippen LogP contribution is 2.12. The summed E-state index contributed by atoms with van der Waals surface area (Å²) in [6.45, 7) is 7.34. The van der Waals surface area contributed by atoms with Crippen molar-refractivity contribution in [2.24, 2.45) is 5.92 Å². The zero-order valence-electron chi connectivity index (χ0n) is 10.8. The average molecular weight is 253 g/mol. The van der Waals surface area contributed by atoms with Gasteiger partial charge < -0.3 is 20.0 Å². The van der Waals surface area contributed by atoms with Crippen molar-refractivity contribution in [2.45, 2.75) is 20.4 Å². The van der Waals surface area contributed by atoms with Crippen molar-refractivity contribution in [1.29, 1.82) is 0 Å². The van der Waals surface area contributed by atoms with Gasteiger partial charge in [-0.05, 0) is 12.5 Å². The van der Waals surface area contributed by atoms with Crippen LogP contribution >= 0.6 is 0 Å². The molecule has 7 nitrogen and oxygen atoms in total. The van der Waals surface area contributed by atoms with Crippen molar-refractivity contribution >= 4 is 11.9 Å². The van der Waals surface area contributed by atoms with Crippen LogP contribution in [-0.4, -0.2) is 42.3 Å². The van der Waals surface area contributed by atoms with Crippen molar-refractivity contribution in [3.8, 4) is 0 Å². The second-order valence-electron chi connectivity index (χ2n) is 4.77. The second kappa shape index (κ2) is 5.81. The van der Waals surface area contributed by atoms with E-state index in [1.54, 1.807) is 4.90 Å². The molecular formula is C11H19N5O2. The van der Waals surface area contributed by atoms with Gasteiger partial charge in [-0.25, -0.2) is 0 Å². The first-order chi connectivity index (χ1) is 8.65. The molecule has 0 atom stereocenters. The molecule has 1 aliphatic heterocycles. The van der Waals surface area contributed by atoms with Crippen LogP contribution < -0.4 is 15.5 Å². The highest BCUT2D eigenvalue weighted by Gasteiger charge is 2.21. The van der Waals surface area contributed by atoms with E-state index >= 15 is 0 Å². The van der Waals surface area contributed by atoms with Gasteiger partial charge in [0.05, 0.1) is 6.54 Å². The van der Waals surface area contributed by atoms with E-state index in [4.69, 9.17) is 4.42 Å². The fourth-order valence-corrected chi connectivity index (χ4v) is 1.71. The summed E-state index contributed by atoms with van der Waals surface area (Å²) in [5.74, 6) is 1.12. The number of anilines is 1. The Morgan fingerprint density at radius 2 is 2.33 bits per heavy atom. The minimum Gasteiger partial charge on any atom is -0.407 e. The van der Waals surface area contributed by atoms with E-state index in [1.165, 1.54) is 0 Å². The third-order valence-electron chi connectivity index (χ3n) is 2.59. The van der Waals surface area contributed by atoms with E-state index in [1.807, 2.05) is 0 Å². The van der Waals surface area contributed by atoms with Gasteiger partial charge in [-0.1, -0.05) is 18.9 Å². The van der Waals surface area contributed by atoms with Gasteiger partial charge in [0.25, 0.3) is 0 Å². The molecule has 2 N–H and O–H groups in total. The first-order valence-corrected chi connectivity index (χ1v) is 6.20. The molecule has 0 aliphatic carbocycles. The Kier molecular flexibility index (Phi) is 4.14. The van der Waals surface area contributed by atoms with E-state index < -0.39 is 0 Å². The molecule has 0 saturated carbocycles. The highest BCUT2D eigenvalue weighted by molar-refractivity contribution is 5.81. The standard InChI is InChI=1S/C11H19N5O2/c1-8(2)5-12-6-10-14-15-11(18-10)16-4-3-13-9(17)7-16/h8,12H,3-7H2,1-2H3,(H,13,17). The number of piperazine rings is 1. The minimum atomic E-state index is -0.0149. The van der Waals surface area contributed by atoms with Gasteiger partial charge in [0.1, 0.15) is 6.54 Å². The Bertz CT molecular complexity index is 404. The van der Waals surface area contributed by atoms with Crippen molar-refractivity contribution < 1.29 is 9.21 Å². The topological polar surface area (TPSA) is 83.3 Å². The van der Waals surface area contributed by atoms with Gasteiger partial charge in [0.15, 0.2) is 0 Å². The van der Waals surface area contributed by atoms with E-state index in [0.717, 1.165) is 6.54 Å². The highest BCUT2D eigenvalue weighted by atomic mass is 16.4. The largest absolute Gasteiger partial charge is 0.407 e. The van der Waals surface area contributed by atoms with Crippen LogP contribution in [0.15, 0.2) is 4.42 Å². The van der Waals surface area contributed by atoms with Crippen LogP contribution in [0.2, 0.25) is 0 Å². The molecule has 1 aromatic rings. The van der Waals surface area contributed by atoms with Crippen LogP contribution in [-0.2, 0) is 11.3 Å². The van der Waals surface area contributed by atoms with E-state index in [0.29, 0.717) is 37.5 Å². The molecule has 1 saturated heterocycles. The summed E-state index contributed by atoms with van der Waals surface area (Å²) >= 11 is 0. The zero-order valence-corrected chi connectivity index (χ0v) is 10.8. The molecular weight excluding hydrogens is 234 g/mol. The molecule has 18 heavy (non-hydrogen) atoms. The molecule has 0 unspecified atom stereocenters. The Morgan fingerprint density at radius 3 is 3.06 bits per heavy atom. The van der Waals surface area contributed by atoms with Crippen molar-refractivity contribution in [1.82, 2.24) is 20.8 Å². The molecule has 7 heteroatoms. The van der Waals surface area contributed by atoms with Crippen LogP contribution in [0.4, 0.5) is 6.01 Å². The average Bonchev–Trinajstić information content (AvgIpc) is 2.77. The summed E-state index contributed by atoms with van der Waals surface area (Å²) in [5.41, 5.74) is 0. The maximum absolute atomic E-state index is 11.2. The first kappa shape index (κ1) is 12.8. The molecule has 1 fully saturated rings. The number of aromatic nitrogens is 2. The molecule has 0 spiro atoms. The number of nitrogens with one attached hydrogen (secondary N) is 2. The lowest BCUT2D eigenvalue weighted by atomic mass is 10.2. The number of carbonyl (C=O) groups excluding carboxylic acids is 1. The second-order valence-corrected chi connectivity index (χ2v) is 4.77. The van der Waals surface area contributed by atoms with Crippen LogP contribution in [0, 0.1) is 5.92 Å². The third kappa shape index (κ3) is 3.43. The fraction of sp³-hybridized carbons (Fsp3) is 0.727. The molecule has 0 aromatic carbocycles. The van der Waals surface area contributed by atoms with Gasteiger partial charge in [-0.2, -0.15) is 0 Å². The summed E-state index contributed by atoms with van der Waals surface area (Å²) in [6.07, 6.45) is 0. The quantitative estimate of drug-likeness (QED) is 0.753. The Labute approximate surface area is 106 Å². The first-order valence-electron chi connectivity index (χ1n) is 6.20. The molecule has 2 rings (SSSR count). The number of hydrogen-bond donors (Lipinski definition) is 2. The Balaban J connectivity index is 1.87. The molecule has 1 aliphatic rings. The SMILES string of the molecule is CC(C)CNCc1nnc(N2CCNC(=O)C2)o1. The van der Waals surface area contributed by atoms with Gasteiger partial charge in [-0.15, -0.1) is 5.10 Å². The maximum Gasteiger partial charge on any atom is 0.318 e. The third-order valence-corrected chi connectivity index (χ3v) is 2.59. The summed E-state index contributed by atoms with van der Waals surface area (Å²) in [5, 5.41) is 13.9. The maximum atomic E-state index is 11.2. The number of hydrogen-bond acceptors (Lipinski definition) is 6. The van der Waals surface area contributed by atoms with Crippen molar-refractivity contribution in [3.63, 3.8) is 0 Å². The minimum absolute atomic E-state index is 0.0149. The van der Waals surface area contributed by atoms with Gasteiger partial charge in [0, 0.05) is 13.1 Å². The fourth-order valence-electron chi connectivity index (χ4n) is 1.71. The summed E-state index contributed by atoms with van der Waals surface area (Å²) in [7, 11) is 0.